The first-order valence-corrected chi connectivity index (χ1v) is 7.62. The fourth-order valence-corrected chi connectivity index (χ4v) is 3.27. The first-order valence-electron chi connectivity index (χ1n) is 6.83. The smallest absolute Gasteiger partial charge is 0.125 e. The quantitative estimate of drug-likeness (QED) is 0.657. The highest BCUT2D eigenvalue weighted by atomic mass is 79.9. The molecule has 3 nitrogen and oxygen atoms in total. The second-order valence-corrected chi connectivity index (χ2v) is 6.05. The molecule has 1 aliphatic heterocycles. The van der Waals surface area contributed by atoms with Crippen LogP contribution >= 0.6 is 15.9 Å². The lowest BCUT2D eigenvalue weighted by Gasteiger charge is -2.18. The number of ether oxygens (including phenoxy) is 1. The van der Waals surface area contributed by atoms with Gasteiger partial charge in [0.1, 0.15) is 11.6 Å². The van der Waals surface area contributed by atoms with Crippen molar-refractivity contribution in [2.45, 2.75) is 18.9 Å². The summed E-state index contributed by atoms with van der Waals surface area (Å²) in [5, 5.41) is 0. The number of benzene rings is 2. The van der Waals surface area contributed by atoms with Crippen LogP contribution < -0.4 is 16.0 Å². The molecule has 1 aliphatic rings. The summed E-state index contributed by atoms with van der Waals surface area (Å²) >= 11 is 3.53. The zero-order valence-corrected chi connectivity index (χ0v) is 13.0. The molecule has 1 heterocycles. The number of fused-ring (bicyclic) bond motifs is 1. The number of rotatable bonds is 4. The molecule has 0 bridgehead atoms. The van der Waals surface area contributed by atoms with Crippen LogP contribution in [0, 0.1) is 5.82 Å². The lowest BCUT2D eigenvalue weighted by Crippen LogP contribution is -2.29. The van der Waals surface area contributed by atoms with E-state index >= 15 is 0 Å². The molecule has 0 spiro atoms. The van der Waals surface area contributed by atoms with Crippen LogP contribution in [0.3, 0.4) is 0 Å². The highest BCUT2D eigenvalue weighted by molar-refractivity contribution is 9.10. The monoisotopic (exact) mass is 350 g/mol. The SMILES string of the molecule is NNC(Cc1cc(Br)cc2c1OCC2)c1cccc(F)c1. The lowest BCUT2D eigenvalue weighted by atomic mass is 9.97. The number of hydrogen-bond acceptors (Lipinski definition) is 3. The predicted molar refractivity (Wildman–Crippen MR) is 83.5 cm³/mol. The van der Waals surface area contributed by atoms with Gasteiger partial charge >= 0.3 is 0 Å². The van der Waals surface area contributed by atoms with Gasteiger partial charge in [-0.15, -0.1) is 0 Å². The van der Waals surface area contributed by atoms with Crippen molar-refractivity contribution in [3.8, 4) is 5.75 Å². The predicted octanol–water partition coefficient (Wildman–Crippen LogP) is 3.27. The zero-order valence-electron chi connectivity index (χ0n) is 11.4. The summed E-state index contributed by atoms with van der Waals surface area (Å²) in [6.45, 7) is 0.708. The van der Waals surface area contributed by atoms with Gasteiger partial charge in [0.15, 0.2) is 0 Å². The van der Waals surface area contributed by atoms with E-state index in [4.69, 9.17) is 10.6 Å². The Balaban J connectivity index is 1.91. The summed E-state index contributed by atoms with van der Waals surface area (Å²) in [4.78, 5) is 0. The summed E-state index contributed by atoms with van der Waals surface area (Å²) in [6.07, 6.45) is 1.56. The minimum Gasteiger partial charge on any atom is -0.493 e. The average molecular weight is 351 g/mol. The highest BCUT2D eigenvalue weighted by Gasteiger charge is 2.20. The van der Waals surface area contributed by atoms with Gasteiger partial charge in [0.2, 0.25) is 0 Å². The second kappa shape index (κ2) is 6.13. The van der Waals surface area contributed by atoms with E-state index in [1.807, 2.05) is 12.1 Å². The topological polar surface area (TPSA) is 47.3 Å². The summed E-state index contributed by atoms with van der Waals surface area (Å²) in [6, 6.07) is 10.4. The van der Waals surface area contributed by atoms with E-state index in [0.717, 1.165) is 27.8 Å². The minimum atomic E-state index is -0.261. The normalized spacial score (nSPS) is 14.6. The third-order valence-electron chi connectivity index (χ3n) is 3.70. The molecular formula is C16H16BrFN2O. The average Bonchev–Trinajstić information content (AvgIpc) is 2.92. The second-order valence-electron chi connectivity index (χ2n) is 5.13. The van der Waals surface area contributed by atoms with Crippen molar-refractivity contribution in [1.82, 2.24) is 5.43 Å². The van der Waals surface area contributed by atoms with E-state index < -0.39 is 0 Å². The molecule has 3 N–H and O–H groups in total. The Labute approximate surface area is 131 Å². The number of halogens is 2. The van der Waals surface area contributed by atoms with Gasteiger partial charge in [-0.2, -0.15) is 0 Å². The fraction of sp³-hybridized carbons (Fsp3) is 0.250. The lowest BCUT2D eigenvalue weighted by molar-refractivity contribution is 0.351. The summed E-state index contributed by atoms with van der Waals surface area (Å²) in [7, 11) is 0. The Kier molecular flexibility index (Phi) is 4.24. The molecule has 0 aliphatic carbocycles. The molecule has 2 aromatic carbocycles. The van der Waals surface area contributed by atoms with Crippen LogP contribution in [0.1, 0.15) is 22.7 Å². The van der Waals surface area contributed by atoms with Gasteiger partial charge in [-0.3, -0.25) is 11.3 Å². The van der Waals surface area contributed by atoms with Crippen molar-refractivity contribution in [1.29, 1.82) is 0 Å². The molecule has 0 aromatic heterocycles. The van der Waals surface area contributed by atoms with Crippen LogP contribution in [0.25, 0.3) is 0 Å². The molecular weight excluding hydrogens is 335 g/mol. The van der Waals surface area contributed by atoms with Gasteiger partial charge in [-0.25, -0.2) is 4.39 Å². The minimum absolute atomic E-state index is 0.164. The van der Waals surface area contributed by atoms with Crippen LogP contribution in [0.4, 0.5) is 4.39 Å². The van der Waals surface area contributed by atoms with Crippen molar-refractivity contribution < 1.29 is 9.13 Å². The molecule has 0 radical (unpaired) electrons. The van der Waals surface area contributed by atoms with Crippen molar-refractivity contribution in [2.24, 2.45) is 5.84 Å². The number of hydrogen-bond donors (Lipinski definition) is 2. The van der Waals surface area contributed by atoms with Crippen LogP contribution in [-0.4, -0.2) is 6.61 Å². The van der Waals surface area contributed by atoms with Gasteiger partial charge in [0.05, 0.1) is 12.6 Å². The van der Waals surface area contributed by atoms with Crippen molar-refractivity contribution in [2.75, 3.05) is 6.61 Å². The maximum absolute atomic E-state index is 13.4. The highest BCUT2D eigenvalue weighted by Crippen LogP contribution is 2.35. The number of hydrazine groups is 1. The Morgan fingerprint density at radius 1 is 1.33 bits per heavy atom. The van der Waals surface area contributed by atoms with Gasteiger partial charge < -0.3 is 4.74 Å². The summed E-state index contributed by atoms with van der Waals surface area (Å²) in [5.41, 5.74) is 5.87. The molecule has 0 saturated carbocycles. The molecule has 0 fully saturated rings. The molecule has 3 rings (SSSR count). The van der Waals surface area contributed by atoms with Crippen molar-refractivity contribution in [3.05, 3.63) is 63.4 Å². The molecule has 1 atom stereocenters. The molecule has 110 valence electrons. The summed E-state index contributed by atoms with van der Waals surface area (Å²) < 4.78 is 20.1. The van der Waals surface area contributed by atoms with E-state index in [1.165, 1.54) is 17.7 Å². The maximum Gasteiger partial charge on any atom is 0.125 e. The Hall–Kier alpha value is -1.43. The third-order valence-corrected chi connectivity index (χ3v) is 4.16. The van der Waals surface area contributed by atoms with Crippen LogP contribution in [-0.2, 0) is 12.8 Å². The molecule has 5 heteroatoms. The standard InChI is InChI=1S/C16H16BrFN2O/c17-13-6-11-4-5-21-16(11)12(7-13)9-15(20-19)10-2-1-3-14(18)8-10/h1-3,6-8,15,20H,4-5,9,19H2. The van der Waals surface area contributed by atoms with Gasteiger partial charge in [0, 0.05) is 10.9 Å². The van der Waals surface area contributed by atoms with E-state index in [-0.39, 0.29) is 11.9 Å². The fourth-order valence-electron chi connectivity index (χ4n) is 2.71. The summed E-state index contributed by atoms with van der Waals surface area (Å²) in [5.74, 6) is 6.34. The van der Waals surface area contributed by atoms with Crippen LogP contribution in [0.15, 0.2) is 40.9 Å². The molecule has 2 aromatic rings. The van der Waals surface area contributed by atoms with Crippen molar-refractivity contribution in [3.63, 3.8) is 0 Å². The van der Waals surface area contributed by atoms with Gasteiger partial charge in [0.25, 0.3) is 0 Å². The number of nitrogens with two attached hydrogens (primary N) is 1. The van der Waals surface area contributed by atoms with E-state index in [1.54, 1.807) is 6.07 Å². The largest absolute Gasteiger partial charge is 0.493 e. The van der Waals surface area contributed by atoms with Gasteiger partial charge in [-0.05, 0) is 47.4 Å². The first kappa shape index (κ1) is 14.5. The molecule has 1 unspecified atom stereocenters. The van der Waals surface area contributed by atoms with E-state index in [2.05, 4.69) is 27.4 Å². The Morgan fingerprint density at radius 2 is 2.19 bits per heavy atom. The first-order chi connectivity index (χ1) is 10.2. The molecule has 0 saturated heterocycles. The van der Waals surface area contributed by atoms with Crippen molar-refractivity contribution >= 4 is 15.9 Å². The Morgan fingerprint density at radius 3 is 2.95 bits per heavy atom. The van der Waals surface area contributed by atoms with E-state index in [0.29, 0.717) is 13.0 Å². The molecule has 0 amide bonds. The third kappa shape index (κ3) is 3.10. The number of nitrogens with one attached hydrogen (secondary N) is 1. The van der Waals surface area contributed by atoms with Gasteiger partial charge in [-0.1, -0.05) is 28.1 Å². The zero-order chi connectivity index (χ0) is 14.8. The van der Waals surface area contributed by atoms with Crippen LogP contribution in [0.5, 0.6) is 5.75 Å². The van der Waals surface area contributed by atoms with Crippen LogP contribution in [0.2, 0.25) is 0 Å². The van der Waals surface area contributed by atoms with E-state index in [9.17, 15) is 4.39 Å². The maximum atomic E-state index is 13.4. The molecule has 21 heavy (non-hydrogen) atoms. The Bertz CT molecular complexity index is 663.